The molecule has 0 fully saturated rings. The van der Waals surface area contributed by atoms with Gasteiger partial charge in [-0.2, -0.15) is 0 Å². The van der Waals surface area contributed by atoms with Crippen LogP contribution in [0.4, 0.5) is 5.69 Å². The van der Waals surface area contributed by atoms with Crippen LogP contribution in [0.2, 0.25) is 5.02 Å². The molecule has 2 aromatic heterocycles. The number of nitrogens with one attached hydrogen (secondary N) is 1. The third kappa shape index (κ3) is 3.41. The number of methoxy groups -OCH3 is 1. The highest BCUT2D eigenvalue weighted by molar-refractivity contribution is 6.34. The molecule has 134 valence electrons. The molecule has 0 atom stereocenters. The number of halogens is 1. The van der Waals surface area contributed by atoms with E-state index in [0.29, 0.717) is 34.0 Å². The van der Waals surface area contributed by atoms with E-state index in [0.717, 1.165) is 12.1 Å². The zero-order chi connectivity index (χ0) is 18.7. The first-order valence-corrected chi connectivity index (χ1v) is 8.58. The summed E-state index contributed by atoms with van der Waals surface area (Å²) in [6.45, 7) is 2.03. The maximum absolute atomic E-state index is 12.9. The smallest absolute Gasteiger partial charge is 0.337 e. The minimum absolute atomic E-state index is 0.305. The summed E-state index contributed by atoms with van der Waals surface area (Å²) in [4.78, 5) is 29.2. The van der Waals surface area contributed by atoms with E-state index in [1.54, 1.807) is 22.7 Å². The molecular formula is C19H18ClN3O3. The van der Waals surface area contributed by atoms with Crippen LogP contribution in [0, 0.1) is 0 Å². The molecule has 26 heavy (non-hydrogen) atoms. The van der Waals surface area contributed by atoms with Gasteiger partial charge in [0.25, 0.3) is 5.91 Å². The Morgan fingerprint density at radius 2 is 2.08 bits per heavy atom. The molecule has 0 aliphatic rings. The number of rotatable bonds is 5. The first-order valence-electron chi connectivity index (χ1n) is 8.20. The largest absolute Gasteiger partial charge is 0.465 e. The fraction of sp³-hybridized carbons (Fsp3) is 0.211. The summed E-state index contributed by atoms with van der Waals surface area (Å²) in [5, 5.41) is 3.11. The highest BCUT2D eigenvalue weighted by atomic mass is 35.5. The molecule has 0 aliphatic carbocycles. The quantitative estimate of drug-likeness (QED) is 0.688. The maximum atomic E-state index is 12.9. The van der Waals surface area contributed by atoms with Crippen molar-refractivity contribution in [2.75, 3.05) is 12.4 Å². The third-order valence-corrected chi connectivity index (χ3v) is 4.27. The second-order valence-corrected chi connectivity index (χ2v) is 6.13. The van der Waals surface area contributed by atoms with Crippen molar-refractivity contribution in [1.29, 1.82) is 0 Å². The Kier molecular flexibility index (Phi) is 5.23. The summed E-state index contributed by atoms with van der Waals surface area (Å²) in [6.07, 6.45) is 3.34. The molecule has 0 aliphatic heterocycles. The molecule has 0 unspecified atom stereocenters. The van der Waals surface area contributed by atoms with E-state index >= 15 is 0 Å². The molecule has 0 saturated heterocycles. The summed E-state index contributed by atoms with van der Waals surface area (Å²) >= 11 is 6.18. The average molecular weight is 372 g/mol. The van der Waals surface area contributed by atoms with Gasteiger partial charge in [0.05, 0.1) is 29.1 Å². The van der Waals surface area contributed by atoms with Gasteiger partial charge < -0.3 is 10.1 Å². The summed E-state index contributed by atoms with van der Waals surface area (Å²) < 4.78 is 6.46. The van der Waals surface area contributed by atoms with E-state index in [9.17, 15) is 9.59 Å². The lowest BCUT2D eigenvalue weighted by molar-refractivity contribution is 0.0600. The van der Waals surface area contributed by atoms with Gasteiger partial charge in [-0.25, -0.2) is 9.78 Å². The van der Waals surface area contributed by atoms with E-state index in [4.69, 9.17) is 16.3 Å². The van der Waals surface area contributed by atoms with Crippen molar-refractivity contribution >= 4 is 34.8 Å². The Hall–Kier alpha value is -2.86. The minimum Gasteiger partial charge on any atom is -0.465 e. The van der Waals surface area contributed by atoms with Crippen molar-refractivity contribution in [3.05, 3.63) is 64.6 Å². The Morgan fingerprint density at radius 1 is 1.27 bits per heavy atom. The number of fused-ring (bicyclic) bond motifs is 1. The Morgan fingerprint density at radius 3 is 2.81 bits per heavy atom. The molecule has 1 amide bonds. The lowest BCUT2D eigenvalue weighted by Crippen LogP contribution is -2.17. The molecule has 3 aromatic rings. The van der Waals surface area contributed by atoms with Crippen LogP contribution < -0.4 is 5.32 Å². The molecule has 3 rings (SSSR count). The van der Waals surface area contributed by atoms with Crippen molar-refractivity contribution in [2.45, 2.75) is 19.8 Å². The minimum atomic E-state index is -0.501. The number of esters is 1. The predicted molar refractivity (Wildman–Crippen MR) is 99.9 cm³/mol. The second kappa shape index (κ2) is 7.58. The molecule has 2 heterocycles. The van der Waals surface area contributed by atoms with Crippen LogP contribution >= 0.6 is 11.6 Å². The first kappa shape index (κ1) is 17.9. The van der Waals surface area contributed by atoms with E-state index in [1.807, 2.05) is 25.1 Å². The van der Waals surface area contributed by atoms with Crippen molar-refractivity contribution in [3.63, 3.8) is 0 Å². The number of nitrogens with zero attached hydrogens (tertiary/aromatic N) is 2. The Labute approximate surface area is 155 Å². The van der Waals surface area contributed by atoms with Crippen molar-refractivity contribution in [2.24, 2.45) is 0 Å². The van der Waals surface area contributed by atoms with Gasteiger partial charge in [0, 0.05) is 6.20 Å². The molecule has 0 saturated carbocycles. The molecule has 0 bridgehead atoms. The lowest BCUT2D eigenvalue weighted by atomic mass is 10.1. The van der Waals surface area contributed by atoms with E-state index in [2.05, 4.69) is 10.3 Å². The maximum Gasteiger partial charge on any atom is 0.337 e. The van der Waals surface area contributed by atoms with Gasteiger partial charge in [0.2, 0.25) is 0 Å². The number of pyridine rings is 1. The second-order valence-electron chi connectivity index (χ2n) is 5.73. The number of imidazole rings is 1. The van der Waals surface area contributed by atoms with Gasteiger partial charge in [-0.05, 0) is 36.8 Å². The monoisotopic (exact) mass is 371 g/mol. The highest BCUT2D eigenvalue weighted by Crippen LogP contribution is 2.25. The van der Waals surface area contributed by atoms with Crippen molar-refractivity contribution in [3.8, 4) is 0 Å². The number of carbonyl (C=O) groups excluding carboxylic acids is 2. The summed E-state index contributed by atoms with van der Waals surface area (Å²) in [6, 6.07) is 10.1. The standard InChI is InChI=1S/C19H18ClN3O3/c1-3-6-14-17(23-10-5-4-7-16(23)21-14)18(24)22-15-11-12(19(25)26-2)8-9-13(15)20/h4-5,7-11H,3,6H2,1-2H3,(H,22,24). The number of anilines is 1. The molecule has 6 nitrogen and oxygen atoms in total. The van der Waals surface area contributed by atoms with Gasteiger partial charge in [-0.1, -0.05) is 31.0 Å². The highest BCUT2D eigenvalue weighted by Gasteiger charge is 2.20. The van der Waals surface area contributed by atoms with E-state index in [-0.39, 0.29) is 5.91 Å². The lowest BCUT2D eigenvalue weighted by Gasteiger charge is -2.10. The molecule has 1 N–H and O–H groups in total. The zero-order valence-electron chi connectivity index (χ0n) is 14.5. The van der Waals surface area contributed by atoms with Crippen LogP contribution in [0.1, 0.15) is 39.9 Å². The van der Waals surface area contributed by atoms with E-state index in [1.165, 1.54) is 13.2 Å². The van der Waals surface area contributed by atoms with Crippen LogP contribution in [0.25, 0.3) is 5.65 Å². The van der Waals surface area contributed by atoms with Crippen LogP contribution in [0.15, 0.2) is 42.6 Å². The van der Waals surface area contributed by atoms with Crippen LogP contribution in [0.5, 0.6) is 0 Å². The van der Waals surface area contributed by atoms with Gasteiger partial charge in [-0.3, -0.25) is 9.20 Å². The third-order valence-electron chi connectivity index (χ3n) is 3.94. The first-order chi connectivity index (χ1) is 12.5. The Bertz CT molecular complexity index is 981. The average Bonchev–Trinajstić information content (AvgIpc) is 3.01. The molecule has 0 spiro atoms. The number of aryl methyl sites for hydroxylation is 1. The topological polar surface area (TPSA) is 72.7 Å². The van der Waals surface area contributed by atoms with E-state index < -0.39 is 5.97 Å². The number of hydrogen-bond donors (Lipinski definition) is 1. The number of benzene rings is 1. The van der Waals surface area contributed by atoms with Gasteiger partial charge >= 0.3 is 5.97 Å². The number of carbonyl (C=O) groups is 2. The fourth-order valence-electron chi connectivity index (χ4n) is 2.74. The number of aromatic nitrogens is 2. The molecule has 7 heteroatoms. The van der Waals surface area contributed by atoms with Crippen molar-refractivity contribution in [1.82, 2.24) is 9.38 Å². The normalized spacial score (nSPS) is 10.7. The van der Waals surface area contributed by atoms with Gasteiger partial charge in [0.1, 0.15) is 11.3 Å². The SMILES string of the molecule is CCCc1nc2ccccn2c1C(=O)Nc1cc(C(=O)OC)ccc1Cl. The fourth-order valence-corrected chi connectivity index (χ4v) is 2.91. The number of hydrogen-bond acceptors (Lipinski definition) is 4. The van der Waals surface area contributed by atoms with Crippen molar-refractivity contribution < 1.29 is 14.3 Å². The van der Waals surface area contributed by atoms with Crippen LogP contribution in [-0.2, 0) is 11.2 Å². The molecular weight excluding hydrogens is 354 g/mol. The number of ether oxygens (including phenoxy) is 1. The van der Waals surface area contributed by atoms with Gasteiger partial charge in [-0.15, -0.1) is 0 Å². The molecule has 0 radical (unpaired) electrons. The summed E-state index contributed by atoms with van der Waals surface area (Å²) in [5.41, 5.74) is 2.53. The van der Waals surface area contributed by atoms with Crippen LogP contribution in [-0.4, -0.2) is 28.4 Å². The van der Waals surface area contributed by atoms with Gasteiger partial charge in [0.15, 0.2) is 0 Å². The Balaban J connectivity index is 2.00. The number of amides is 1. The predicted octanol–water partition coefficient (Wildman–Crippen LogP) is 3.98. The summed E-state index contributed by atoms with van der Waals surface area (Å²) in [5.74, 6) is -0.838. The molecule has 1 aromatic carbocycles. The summed E-state index contributed by atoms with van der Waals surface area (Å²) in [7, 11) is 1.30. The van der Waals surface area contributed by atoms with Crippen LogP contribution in [0.3, 0.4) is 0 Å². The zero-order valence-corrected chi connectivity index (χ0v) is 15.2.